The molecule has 0 bridgehead atoms. The molecule has 122 valence electrons. The van der Waals surface area contributed by atoms with Gasteiger partial charge in [-0.15, -0.1) is 0 Å². The number of nitrogens with one attached hydrogen (secondary N) is 2. The number of carbonyl (C=O) groups is 1. The van der Waals surface area contributed by atoms with Crippen LogP contribution in [0.5, 0.6) is 0 Å². The number of hydrogen-bond donors (Lipinski definition) is 3. The van der Waals surface area contributed by atoms with E-state index in [-0.39, 0.29) is 18.0 Å². The SMILES string of the molecule is O=C(NCC1(O)CCCCCC1)c1cccc2c(=O)[nH]ccc12. The van der Waals surface area contributed by atoms with Crippen LogP contribution in [0, 0.1) is 0 Å². The minimum Gasteiger partial charge on any atom is -0.388 e. The molecule has 23 heavy (non-hydrogen) atoms. The molecule has 0 spiro atoms. The lowest BCUT2D eigenvalue weighted by Crippen LogP contribution is -2.42. The third-order valence-corrected chi connectivity index (χ3v) is 4.67. The number of aromatic nitrogens is 1. The van der Waals surface area contributed by atoms with Crippen LogP contribution in [-0.4, -0.2) is 28.1 Å². The fraction of sp³-hybridized carbons (Fsp3) is 0.444. The maximum Gasteiger partial charge on any atom is 0.255 e. The Morgan fingerprint density at radius 2 is 1.87 bits per heavy atom. The van der Waals surface area contributed by atoms with Crippen molar-refractivity contribution in [1.29, 1.82) is 0 Å². The minimum absolute atomic E-state index is 0.209. The van der Waals surface area contributed by atoms with Gasteiger partial charge in [0.05, 0.1) is 5.60 Å². The Labute approximate surface area is 134 Å². The molecule has 5 nitrogen and oxygen atoms in total. The number of hydrogen-bond acceptors (Lipinski definition) is 3. The average molecular weight is 314 g/mol. The van der Waals surface area contributed by atoms with Crippen LogP contribution in [0.15, 0.2) is 35.3 Å². The quantitative estimate of drug-likeness (QED) is 0.761. The third-order valence-electron chi connectivity index (χ3n) is 4.67. The molecular formula is C18H22N2O3. The first kappa shape index (κ1) is 15.7. The zero-order valence-electron chi connectivity index (χ0n) is 13.1. The second-order valence-corrected chi connectivity index (χ2v) is 6.39. The Balaban J connectivity index is 1.79. The van der Waals surface area contributed by atoms with Crippen molar-refractivity contribution in [3.63, 3.8) is 0 Å². The van der Waals surface area contributed by atoms with E-state index in [0.717, 1.165) is 38.5 Å². The summed E-state index contributed by atoms with van der Waals surface area (Å²) in [7, 11) is 0. The fourth-order valence-corrected chi connectivity index (χ4v) is 3.32. The summed E-state index contributed by atoms with van der Waals surface area (Å²) < 4.78 is 0. The molecule has 0 radical (unpaired) electrons. The molecule has 1 aromatic carbocycles. The number of aromatic amines is 1. The predicted octanol–water partition coefficient (Wildman–Crippen LogP) is 2.34. The van der Waals surface area contributed by atoms with E-state index >= 15 is 0 Å². The van der Waals surface area contributed by atoms with Gasteiger partial charge in [0.2, 0.25) is 0 Å². The lowest BCUT2D eigenvalue weighted by molar-refractivity contribution is 0.0247. The molecule has 1 aromatic heterocycles. The Morgan fingerprint density at radius 1 is 1.13 bits per heavy atom. The zero-order valence-corrected chi connectivity index (χ0v) is 13.1. The van der Waals surface area contributed by atoms with Gasteiger partial charge in [-0.3, -0.25) is 9.59 Å². The molecule has 1 aliphatic carbocycles. The normalized spacial score (nSPS) is 17.6. The van der Waals surface area contributed by atoms with Crippen LogP contribution in [0.3, 0.4) is 0 Å². The van der Waals surface area contributed by atoms with Gasteiger partial charge in [-0.25, -0.2) is 0 Å². The lowest BCUT2D eigenvalue weighted by atomic mass is 9.94. The van der Waals surface area contributed by atoms with Crippen LogP contribution in [0.4, 0.5) is 0 Å². The maximum atomic E-state index is 12.5. The number of amides is 1. The molecule has 1 fully saturated rings. The van der Waals surface area contributed by atoms with Crippen molar-refractivity contribution in [3.8, 4) is 0 Å². The van der Waals surface area contributed by atoms with Crippen LogP contribution in [-0.2, 0) is 0 Å². The van der Waals surface area contributed by atoms with Gasteiger partial charge in [0.15, 0.2) is 0 Å². The molecule has 0 unspecified atom stereocenters. The van der Waals surface area contributed by atoms with Crippen LogP contribution in [0.1, 0.15) is 48.9 Å². The number of rotatable bonds is 3. The highest BCUT2D eigenvalue weighted by Crippen LogP contribution is 2.26. The molecule has 1 aliphatic rings. The van der Waals surface area contributed by atoms with Gasteiger partial charge in [0.25, 0.3) is 11.5 Å². The second kappa shape index (κ2) is 6.54. The van der Waals surface area contributed by atoms with Crippen molar-refractivity contribution in [2.75, 3.05) is 6.54 Å². The van der Waals surface area contributed by atoms with Gasteiger partial charge in [-0.05, 0) is 31.0 Å². The Hall–Kier alpha value is -2.14. The molecule has 1 saturated carbocycles. The molecule has 5 heteroatoms. The van der Waals surface area contributed by atoms with Crippen molar-refractivity contribution in [1.82, 2.24) is 10.3 Å². The van der Waals surface area contributed by atoms with E-state index in [4.69, 9.17) is 0 Å². The average Bonchev–Trinajstić information content (AvgIpc) is 2.78. The van der Waals surface area contributed by atoms with E-state index in [0.29, 0.717) is 16.3 Å². The van der Waals surface area contributed by atoms with Crippen LogP contribution >= 0.6 is 0 Å². The highest BCUT2D eigenvalue weighted by molar-refractivity contribution is 6.06. The highest BCUT2D eigenvalue weighted by Gasteiger charge is 2.28. The zero-order chi connectivity index (χ0) is 16.3. The first-order chi connectivity index (χ1) is 11.1. The van der Waals surface area contributed by atoms with Gasteiger partial charge in [-0.2, -0.15) is 0 Å². The molecule has 1 amide bonds. The van der Waals surface area contributed by atoms with E-state index in [9.17, 15) is 14.7 Å². The van der Waals surface area contributed by atoms with E-state index in [1.165, 1.54) is 0 Å². The van der Waals surface area contributed by atoms with Gasteiger partial charge in [0.1, 0.15) is 0 Å². The third kappa shape index (κ3) is 3.45. The molecule has 2 aromatic rings. The number of aliphatic hydroxyl groups is 1. The molecule has 0 saturated heterocycles. The summed E-state index contributed by atoms with van der Waals surface area (Å²) in [4.78, 5) is 26.9. The van der Waals surface area contributed by atoms with E-state index in [2.05, 4.69) is 10.3 Å². The highest BCUT2D eigenvalue weighted by atomic mass is 16.3. The minimum atomic E-state index is -0.811. The summed E-state index contributed by atoms with van der Waals surface area (Å²) in [6.45, 7) is 0.255. The Bertz CT molecular complexity index is 758. The van der Waals surface area contributed by atoms with Crippen molar-refractivity contribution in [3.05, 3.63) is 46.4 Å². The van der Waals surface area contributed by atoms with Gasteiger partial charge in [0, 0.05) is 29.1 Å². The number of H-pyrrole nitrogens is 1. The van der Waals surface area contributed by atoms with Crippen molar-refractivity contribution >= 4 is 16.7 Å². The fourth-order valence-electron chi connectivity index (χ4n) is 3.32. The summed E-state index contributed by atoms with van der Waals surface area (Å²) in [5.41, 5.74) is -0.556. The predicted molar refractivity (Wildman–Crippen MR) is 89.6 cm³/mol. The molecule has 3 rings (SSSR count). The van der Waals surface area contributed by atoms with Crippen LogP contribution in [0.25, 0.3) is 10.8 Å². The molecular weight excluding hydrogens is 292 g/mol. The van der Waals surface area contributed by atoms with Crippen LogP contribution in [0.2, 0.25) is 0 Å². The maximum absolute atomic E-state index is 12.5. The monoisotopic (exact) mass is 314 g/mol. The topological polar surface area (TPSA) is 82.2 Å². The summed E-state index contributed by atoms with van der Waals surface area (Å²) in [6.07, 6.45) is 7.27. The van der Waals surface area contributed by atoms with Crippen molar-refractivity contribution in [2.24, 2.45) is 0 Å². The van der Waals surface area contributed by atoms with E-state index in [1.54, 1.807) is 30.5 Å². The standard InChI is InChI=1S/C18H22N2O3/c21-16-14-6-5-7-15(13(14)8-11-19-16)17(22)20-12-18(23)9-3-1-2-4-10-18/h5-8,11,23H,1-4,9-10,12H2,(H,19,21)(H,20,22). The molecule has 3 N–H and O–H groups in total. The molecule has 1 heterocycles. The summed E-state index contributed by atoms with van der Waals surface area (Å²) in [5, 5.41) is 14.6. The molecule has 0 atom stereocenters. The van der Waals surface area contributed by atoms with Gasteiger partial charge >= 0.3 is 0 Å². The smallest absolute Gasteiger partial charge is 0.255 e. The van der Waals surface area contributed by atoms with E-state index in [1.807, 2.05) is 0 Å². The van der Waals surface area contributed by atoms with Crippen LogP contribution < -0.4 is 10.9 Å². The summed E-state index contributed by atoms with van der Waals surface area (Å²) in [5.74, 6) is -0.251. The first-order valence-electron chi connectivity index (χ1n) is 8.20. The molecule has 0 aliphatic heterocycles. The van der Waals surface area contributed by atoms with E-state index < -0.39 is 5.60 Å². The number of pyridine rings is 1. The van der Waals surface area contributed by atoms with Crippen molar-refractivity contribution < 1.29 is 9.90 Å². The number of benzene rings is 1. The number of carbonyl (C=O) groups excluding carboxylic acids is 1. The van der Waals surface area contributed by atoms with Crippen molar-refractivity contribution in [2.45, 2.75) is 44.1 Å². The summed E-state index contributed by atoms with van der Waals surface area (Å²) in [6, 6.07) is 6.83. The number of fused-ring (bicyclic) bond motifs is 1. The van der Waals surface area contributed by atoms with Gasteiger partial charge in [-0.1, -0.05) is 31.7 Å². The largest absolute Gasteiger partial charge is 0.388 e. The Kier molecular flexibility index (Phi) is 4.48. The summed E-state index contributed by atoms with van der Waals surface area (Å²) >= 11 is 0. The second-order valence-electron chi connectivity index (χ2n) is 6.39. The lowest BCUT2D eigenvalue weighted by Gasteiger charge is -2.26. The first-order valence-corrected chi connectivity index (χ1v) is 8.20. The van der Waals surface area contributed by atoms with Gasteiger partial charge < -0.3 is 15.4 Å². The Morgan fingerprint density at radius 3 is 2.61 bits per heavy atom.